The highest BCUT2D eigenvalue weighted by Crippen LogP contribution is 2.04. The number of rotatable bonds is 4. The summed E-state index contributed by atoms with van der Waals surface area (Å²) in [6, 6.07) is 1.96. The minimum absolute atomic E-state index is 0.169. The first-order chi connectivity index (χ1) is 7.08. The lowest BCUT2D eigenvalue weighted by Gasteiger charge is -2.18. The van der Waals surface area contributed by atoms with Crippen molar-refractivity contribution >= 4 is 5.91 Å². The van der Waals surface area contributed by atoms with Crippen molar-refractivity contribution < 1.29 is 4.79 Å². The van der Waals surface area contributed by atoms with E-state index in [9.17, 15) is 4.79 Å². The fourth-order valence-corrected chi connectivity index (χ4v) is 1.67. The molecule has 4 nitrogen and oxygen atoms in total. The quantitative estimate of drug-likeness (QED) is 0.746. The highest BCUT2D eigenvalue weighted by atomic mass is 16.2. The van der Waals surface area contributed by atoms with E-state index in [2.05, 4.69) is 5.10 Å². The molecule has 0 N–H and O–H groups in total. The van der Waals surface area contributed by atoms with Crippen molar-refractivity contribution in [3.8, 4) is 0 Å². The van der Waals surface area contributed by atoms with E-state index < -0.39 is 0 Å². The largest absolute Gasteiger partial charge is 0.343 e. The van der Waals surface area contributed by atoms with E-state index in [1.807, 2.05) is 38.8 Å². The van der Waals surface area contributed by atoms with Crippen LogP contribution < -0.4 is 0 Å². The molecule has 1 rings (SSSR count). The minimum Gasteiger partial charge on any atom is -0.343 e. The number of carbonyl (C=O) groups is 1. The molecule has 0 saturated heterocycles. The van der Waals surface area contributed by atoms with Gasteiger partial charge in [-0.3, -0.25) is 9.48 Å². The highest BCUT2D eigenvalue weighted by Gasteiger charge is 2.12. The standard InChI is InChI=1S/C11H19N3O/c1-5-14(6-2)11(15)8-10-7-9(3)12-13(10)4/h7H,5-6,8H2,1-4H3. The summed E-state index contributed by atoms with van der Waals surface area (Å²) in [5, 5.41) is 4.22. The zero-order valence-corrected chi connectivity index (χ0v) is 9.95. The van der Waals surface area contributed by atoms with Crippen LogP contribution in [0.25, 0.3) is 0 Å². The highest BCUT2D eigenvalue weighted by molar-refractivity contribution is 5.78. The molecule has 0 aliphatic heterocycles. The summed E-state index contributed by atoms with van der Waals surface area (Å²) in [5.41, 5.74) is 1.93. The van der Waals surface area contributed by atoms with Crippen molar-refractivity contribution in [2.45, 2.75) is 27.2 Å². The van der Waals surface area contributed by atoms with Crippen molar-refractivity contribution in [2.24, 2.45) is 7.05 Å². The van der Waals surface area contributed by atoms with Gasteiger partial charge in [0.05, 0.1) is 12.1 Å². The zero-order valence-electron chi connectivity index (χ0n) is 9.95. The van der Waals surface area contributed by atoms with Crippen LogP contribution in [0.1, 0.15) is 25.2 Å². The van der Waals surface area contributed by atoms with Crippen LogP contribution in [-0.4, -0.2) is 33.7 Å². The summed E-state index contributed by atoms with van der Waals surface area (Å²) in [4.78, 5) is 13.7. The lowest BCUT2D eigenvalue weighted by Crippen LogP contribution is -2.32. The summed E-state index contributed by atoms with van der Waals surface area (Å²) < 4.78 is 1.77. The summed E-state index contributed by atoms with van der Waals surface area (Å²) in [6.45, 7) is 7.47. The second-order valence-electron chi connectivity index (χ2n) is 3.64. The number of nitrogens with zero attached hydrogens (tertiary/aromatic N) is 3. The third kappa shape index (κ3) is 2.81. The van der Waals surface area contributed by atoms with Gasteiger partial charge in [0, 0.05) is 25.8 Å². The van der Waals surface area contributed by atoms with Gasteiger partial charge in [0.15, 0.2) is 0 Å². The van der Waals surface area contributed by atoms with Gasteiger partial charge in [0.2, 0.25) is 5.91 Å². The Balaban J connectivity index is 2.69. The molecule has 0 spiro atoms. The predicted octanol–water partition coefficient (Wildman–Crippen LogP) is 1.14. The Morgan fingerprint density at radius 1 is 1.47 bits per heavy atom. The fraction of sp³-hybridized carbons (Fsp3) is 0.636. The monoisotopic (exact) mass is 209 g/mol. The molecule has 0 atom stereocenters. The zero-order chi connectivity index (χ0) is 11.4. The summed E-state index contributed by atoms with van der Waals surface area (Å²) in [5.74, 6) is 0.169. The van der Waals surface area contributed by atoms with E-state index in [-0.39, 0.29) is 5.91 Å². The molecule has 0 aliphatic rings. The molecule has 0 aromatic carbocycles. The molecule has 1 heterocycles. The molecule has 15 heavy (non-hydrogen) atoms. The third-order valence-electron chi connectivity index (χ3n) is 2.55. The second kappa shape index (κ2) is 4.96. The van der Waals surface area contributed by atoms with E-state index in [0.29, 0.717) is 6.42 Å². The number of aryl methyl sites for hydroxylation is 2. The van der Waals surface area contributed by atoms with Crippen LogP contribution in [0.4, 0.5) is 0 Å². The predicted molar refractivity (Wildman–Crippen MR) is 59.6 cm³/mol. The molecule has 0 bridgehead atoms. The lowest BCUT2D eigenvalue weighted by molar-refractivity contribution is -0.130. The maximum Gasteiger partial charge on any atom is 0.228 e. The SMILES string of the molecule is CCN(CC)C(=O)Cc1cc(C)nn1C. The van der Waals surface area contributed by atoms with E-state index in [0.717, 1.165) is 24.5 Å². The van der Waals surface area contributed by atoms with Gasteiger partial charge < -0.3 is 4.90 Å². The first kappa shape index (κ1) is 11.8. The molecule has 4 heteroatoms. The summed E-state index contributed by atoms with van der Waals surface area (Å²) >= 11 is 0. The average molecular weight is 209 g/mol. The van der Waals surface area contributed by atoms with Crippen LogP contribution in [0.3, 0.4) is 0 Å². The van der Waals surface area contributed by atoms with Gasteiger partial charge in [0.1, 0.15) is 0 Å². The maximum atomic E-state index is 11.8. The Morgan fingerprint density at radius 3 is 2.47 bits per heavy atom. The van der Waals surface area contributed by atoms with Crippen LogP contribution in [0, 0.1) is 6.92 Å². The number of hydrogen-bond donors (Lipinski definition) is 0. The minimum atomic E-state index is 0.169. The molecule has 0 saturated carbocycles. The van der Waals surface area contributed by atoms with Gasteiger partial charge in [-0.05, 0) is 26.8 Å². The number of aromatic nitrogens is 2. The van der Waals surface area contributed by atoms with Crippen molar-refractivity contribution in [3.05, 3.63) is 17.5 Å². The van der Waals surface area contributed by atoms with Crippen LogP contribution in [-0.2, 0) is 18.3 Å². The molecular formula is C11H19N3O. The number of amides is 1. The van der Waals surface area contributed by atoms with Crippen LogP contribution >= 0.6 is 0 Å². The van der Waals surface area contributed by atoms with Crippen molar-refractivity contribution in [1.82, 2.24) is 14.7 Å². The molecule has 84 valence electrons. The first-order valence-electron chi connectivity index (χ1n) is 5.35. The molecule has 1 aromatic heterocycles. The van der Waals surface area contributed by atoms with Crippen molar-refractivity contribution in [3.63, 3.8) is 0 Å². The smallest absolute Gasteiger partial charge is 0.228 e. The van der Waals surface area contributed by atoms with E-state index >= 15 is 0 Å². The number of carbonyl (C=O) groups excluding carboxylic acids is 1. The Hall–Kier alpha value is -1.32. The molecule has 0 fully saturated rings. The maximum absolute atomic E-state index is 11.8. The van der Waals surface area contributed by atoms with Crippen molar-refractivity contribution in [1.29, 1.82) is 0 Å². The fourth-order valence-electron chi connectivity index (χ4n) is 1.67. The number of likely N-dealkylation sites (N-methyl/N-ethyl adjacent to an activating group) is 1. The van der Waals surface area contributed by atoms with Gasteiger partial charge in [-0.15, -0.1) is 0 Å². The van der Waals surface area contributed by atoms with Crippen molar-refractivity contribution in [2.75, 3.05) is 13.1 Å². The Kier molecular flexibility index (Phi) is 3.88. The molecule has 0 unspecified atom stereocenters. The summed E-state index contributed by atoms with van der Waals surface area (Å²) in [6.07, 6.45) is 0.443. The van der Waals surface area contributed by atoms with Gasteiger partial charge in [-0.1, -0.05) is 0 Å². The Morgan fingerprint density at radius 2 is 2.07 bits per heavy atom. The third-order valence-corrected chi connectivity index (χ3v) is 2.55. The molecule has 0 radical (unpaired) electrons. The normalized spacial score (nSPS) is 10.4. The van der Waals surface area contributed by atoms with Gasteiger partial charge >= 0.3 is 0 Å². The van der Waals surface area contributed by atoms with E-state index in [1.54, 1.807) is 4.68 Å². The van der Waals surface area contributed by atoms with Crippen LogP contribution in [0.15, 0.2) is 6.07 Å². The van der Waals surface area contributed by atoms with Crippen LogP contribution in [0.2, 0.25) is 0 Å². The Bertz CT molecular complexity index is 340. The molecule has 0 aliphatic carbocycles. The first-order valence-corrected chi connectivity index (χ1v) is 5.35. The van der Waals surface area contributed by atoms with E-state index in [1.165, 1.54) is 0 Å². The Labute approximate surface area is 90.9 Å². The molecular weight excluding hydrogens is 190 g/mol. The van der Waals surface area contributed by atoms with Gasteiger partial charge in [-0.2, -0.15) is 5.10 Å². The average Bonchev–Trinajstić information content (AvgIpc) is 2.47. The van der Waals surface area contributed by atoms with Gasteiger partial charge in [-0.25, -0.2) is 0 Å². The second-order valence-corrected chi connectivity index (χ2v) is 3.64. The van der Waals surface area contributed by atoms with Gasteiger partial charge in [0.25, 0.3) is 0 Å². The molecule has 1 aromatic rings. The lowest BCUT2D eigenvalue weighted by atomic mass is 10.2. The summed E-state index contributed by atoms with van der Waals surface area (Å²) in [7, 11) is 1.87. The molecule has 1 amide bonds. The topological polar surface area (TPSA) is 38.1 Å². The van der Waals surface area contributed by atoms with E-state index in [4.69, 9.17) is 0 Å². The number of hydrogen-bond acceptors (Lipinski definition) is 2. The van der Waals surface area contributed by atoms with Crippen LogP contribution in [0.5, 0.6) is 0 Å².